The molecule has 0 spiro atoms. The lowest BCUT2D eigenvalue weighted by atomic mass is 10.0. The van der Waals surface area contributed by atoms with Crippen molar-refractivity contribution in [3.63, 3.8) is 0 Å². The van der Waals surface area contributed by atoms with Crippen molar-refractivity contribution in [1.29, 1.82) is 0 Å². The van der Waals surface area contributed by atoms with Crippen LogP contribution in [0.3, 0.4) is 0 Å². The van der Waals surface area contributed by atoms with Crippen molar-refractivity contribution >= 4 is 47.3 Å². The van der Waals surface area contributed by atoms with Gasteiger partial charge in [-0.3, -0.25) is 19.2 Å². The highest BCUT2D eigenvalue weighted by molar-refractivity contribution is 6.34. The number of carboxylic acid groups (broad SMARTS) is 2. The molecule has 3 amide bonds. The van der Waals surface area contributed by atoms with E-state index in [0.29, 0.717) is 12.0 Å². The molecule has 2 N–H and O–H groups in total. The zero-order chi connectivity index (χ0) is 25.4. The van der Waals surface area contributed by atoms with Gasteiger partial charge in [-0.2, -0.15) is 0 Å². The maximum absolute atomic E-state index is 13.0. The molecular weight excluding hydrogens is 456 g/mol. The average Bonchev–Trinajstić information content (AvgIpc) is 3.11. The van der Waals surface area contributed by atoms with Gasteiger partial charge in [0.05, 0.1) is 33.5 Å². The van der Waals surface area contributed by atoms with Crippen LogP contribution in [0.25, 0.3) is 0 Å². The summed E-state index contributed by atoms with van der Waals surface area (Å²) in [5.41, 5.74) is 0.266. The van der Waals surface area contributed by atoms with Gasteiger partial charge in [0.25, 0.3) is 17.7 Å². The smallest absolute Gasteiger partial charge is 0.335 e. The van der Waals surface area contributed by atoms with Crippen molar-refractivity contribution < 1.29 is 39.0 Å². The molecule has 0 atom stereocenters. The number of fused-ring (bicyclic) bond motifs is 1. The maximum atomic E-state index is 13.0. The van der Waals surface area contributed by atoms with Gasteiger partial charge in [0.2, 0.25) is 0 Å². The molecule has 0 radical (unpaired) electrons. The largest absolute Gasteiger partial charge is 0.478 e. The fourth-order valence-corrected chi connectivity index (χ4v) is 3.71. The molecule has 1 aliphatic rings. The zero-order valence-corrected chi connectivity index (χ0v) is 18.1. The summed E-state index contributed by atoms with van der Waals surface area (Å²) >= 11 is 0. The van der Waals surface area contributed by atoms with E-state index in [1.54, 1.807) is 0 Å². The first-order valence-corrected chi connectivity index (χ1v) is 10.1. The fourth-order valence-electron chi connectivity index (χ4n) is 3.71. The first kappa shape index (κ1) is 23.1. The first-order valence-electron chi connectivity index (χ1n) is 10.1. The molecule has 1 aliphatic heterocycles. The number of aldehydes is 1. The first-order chi connectivity index (χ1) is 16.6. The van der Waals surface area contributed by atoms with Gasteiger partial charge in [0.15, 0.2) is 6.29 Å². The molecular formula is C25H16N2O8. The van der Waals surface area contributed by atoms with Gasteiger partial charge >= 0.3 is 11.9 Å². The molecule has 0 aliphatic carbocycles. The third kappa shape index (κ3) is 3.93. The van der Waals surface area contributed by atoms with Gasteiger partial charge in [-0.1, -0.05) is 6.07 Å². The molecule has 3 aromatic carbocycles. The van der Waals surface area contributed by atoms with Crippen molar-refractivity contribution in [1.82, 2.24) is 0 Å². The SMILES string of the molecule is CN(C(=O)c1cc(C(=O)O)ccc1C=O)c1ccc(N2C(=O)c3ccc(C(=O)O)cc3C2=O)cc1. The summed E-state index contributed by atoms with van der Waals surface area (Å²) in [7, 11) is 1.43. The quantitative estimate of drug-likeness (QED) is 0.411. The minimum atomic E-state index is -1.25. The molecule has 0 saturated carbocycles. The second kappa shape index (κ2) is 8.67. The second-order valence-electron chi connectivity index (χ2n) is 7.62. The molecule has 4 rings (SSSR count). The number of carboxylic acids is 2. The number of benzene rings is 3. The van der Waals surface area contributed by atoms with Crippen LogP contribution in [-0.4, -0.2) is 53.2 Å². The highest BCUT2D eigenvalue weighted by Gasteiger charge is 2.37. The van der Waals surface area contributed by atoms with Crippen molar-refractivity contribution in [3.8, 4) is 0 Å². The molecule has 10 heteroatoms. The van der Waals surface area contributed by atoms with Crippen molar-refractivity contribution in [2.75, 3.05) is 16.8 Å². The van der Waals surface area contributed by atoms with E-state index >= 15 is 0 Å². The van der Waals surface area contributed by atoms with E-state index in [0.717, 1.165) is 17.0 Å². The van der Waals surface area contributed by atoms with E-state index in [9.17, 15) is 33.9 Å². The van der Waals surface area contributed by atoms with E-state index in [-0.39, 0.29) is 39.1 Å². The Hall–Kier alpha value is -5.12. The molecule has 0 fully saturated rings. The van der Waals surface area contributed by atoms with Crippen LogP contribution < -0.4 is 9.80 Å². The Morgan fingerprint density at radius 3 is 1.97 bits per heavy atom. The molecule has 0 bridgehead atoms. The highest BCUT2D eigenvalue weighted by atomic mass is 16.4. The summed E-state index contributed by atoms with van der Waals surface area (Å²) in [4.78, 5) is 74.5. The van der Waals surface area contributed by atoms with Crippen LogP contribution in [-0.2, 0) is 0 Å². The van der Waals surface area contributed by atoms with Gasteiger partial charge in [0, 0.05) is 18.3 Å². The Morgan fingerprint density at radius 1 is 0.800 bits per heavy atom. The Labute approximate surface area is 197 Å². The van der Waals surface area contributed by atoms with Crippen LogP contribution in [0.5, 0.6) is 0 Å². The number of amides is 3. The van der Waals surface area contributed by atoms with Crippen LogP contribution >= 0.6 is 0 Å². The average molecular weight is 472 g/mol. The number of carbonyl (C=O) groups is 6. The normalized spacial score (nSPS) is 12.3. The van der Waals surface area contributed by atoms with Gasteiger partial charge < -0.3 is 15.1 Å². The predicted molar refractivity (Wildman–Crippen MR) is 123 cm³/mol. The third-order valence-corrected chi connectivity index (χ3v) is 5.59. The number of hydrogen-bond acceptors (Lipinski definition) is 6. The van der Waals surface area contributed by atoms with E-state index in [4.69, 9.17) is 5.11 Å². The van der Waals surface area contributed by atoms with Gasteiger partial charge in [-0.15, -0.1) is 0 Å². The van der Waals surface area contributed by atoms with Gasteiger partial charge in [-0.05, 0) is 54.6 Å². The number of rotatable bonds is 6. The van der Waals surface area contributed by atoms with Crippen LogP contribution in [0.1, 0.15) is 62.1 Å². The highest BCUT2D eigenvalue weighted by Crippen LogP contribution is 2.30. The predicted octanol–water partition coefficient (Wildman–Crippen LogP) is 2.97. The van der Waals surface area contributed by atoms with Crippen LogP contribution in [0.4, 0.5) is 11.4 Å². The number of carbonyl (C=O) groups excluding carboxylic acids is 4. The molecule has 10 nitrogen and oxygen atoms in total. The molecule has 0 unspecified atom stereocenters. The zero-order valence-electron chi connectivity index (χ0n) is 18.1. The number of aromatic carboxylic acids is 2. The van der Waals surface area contributed by atoms with Crippen molar-refractivity contribution in [2.45, 2.75) is 0 Å². The van der Waals surface area contributed by atoms with Gasteiger partial charge in [-0.25, -0.2) is 14.5 Å². The van der Waals surface area contributed by atoms with Crippen molar-refractivity contribution in [2.24, 2.45) is 0 Å². The minimum absolute atomic E-state index is 0.0222. The minimum Gasteiger partial charge on any atom is -0.478 e. The summed E-state index contributed by atoms with van der Waals surface area (Å²) in [6.45, 7) is 0. The van der Waals surface area contributed by atoms with Crippen LogP contribution in [0.15, 0.2) is 60.7 Å². The topological polar surface area (TPSA) is 149 Å². The van der Waals surface area contributed by atoms with Crippen LogP contribution in [0.2, 0.25) is 0 Å². The third-order valence-electron chi connectivity index (χ3n) is 5.59. The lowest BCUT2D eigenvalue weighted by Crippen LogP contribution is -2.30. The molecule has 3 aromatic rings. The molecule has 1 heterocycles. The molecule has 35 heavy (non-hydrogen) atoms. The van der Waals surface area contributed by atoms with E-state index in [1.165, 1.54) is 60.5 Å². The Morgan fingerprint density at radius 2 is 1.37 bits per heavy atom. The summed E-state index contributed by atoms with van der Waals surface area (Å²) in [6, 6.07) is 13.1. The maximum Gasteiger partial charge on any atom is 0.335 e. The Bertz CT molecular complexity index is 1440. The standard InChI is InChI=1S/C25H16N2O8/c1-26(21(29)19-10-13(24(32)33)2-3-15(19)12-28)16-5-7-17(8-6-16)27-22(30)18-9-4-14(25(34)35)11-20(18)23(27)31/h2-12H,1H3,(H,32,33)(H,34,35). The van der Waals surface area contributed by atoms with E-state index in [2.05, 4.69) is 0 Å². The number of hydrogen-bond donors (Lipinski definition) is 2. The second-order valence-corrected chi connectivity index (χ2v) is 7.62. The molecule has 0 saturated heterocycles. The van der Waals surface area contributed by atoms with E-state index in [1.807, 2.05) is 0 Å². The summed E-state index contributed by atoms with van der Waals surface area (Å²) in [6.07, 6.45) is 0.452. The lowest BCUT2D eigenvalue weighted by molar-refractivity contribution is 0.0686. The number of nitrogens with zero attached hydrogens (tertiary/aromatic N) is 2. The van der Waals surface area contributed by atoms with E-state index < -0.39 is 29.7 Å². The van der Waals surface area contributed by atoms with Crippen LogP contribution in [0, 0.1) is 0 Å². The van der Waals surface area contributed by atoms with Gasteiger partial charge in [0.1, 0.15) is 0 Å². The number of anilines is 2. The molecule has 0 aromatic heterocycles. The molecule has 174 valence electrons. The summed E-state index contributed by atoms with van der Waals surface area (Å²) in [5.74, 6) is -4.40. The summed E-state index contributed by atoms with van der Waals surface area (Å²) < 4.78 is 0. The Kier molecular flexibility index (Phi) is 5.71. The fraction of sp³-hybridized carbons (Fsp3) is 0.0400. The Balaban J connectivity index is 1.62. The van der Waals surface area contributed by atoms with Crippen molar-refractivity contribution in [3.05, 3.63) is 94.0 Å². The summed E-state index contributed by atoms with van der Waals surface area (Å²) in [5, 5.41) is 18.3. The monoisotopic (exact) mass is 472 g/mol. The lowest BCUT2D eigenvalue weighted by Gasteiger charge is -2.20. The number of imide groups is 1.